The summed E-state index contributed by atoms with van der Waals surface area (Å²) in [5.74, 6) is -0.0256. The average molecular weight is 489 g/mol. The van der Waals surface area contributed by atoms with Crippen LogP contribution in [0.1, 0.15) is 41.0 Å². The second kappa shape index (κ2) is 9.29. The Kier molecular flexibility index (Phi) is 6.21. The third-order valence-electron chi connectivity index (χ3n) is 6.32. The van der Waals surface area contributed by atoms with Crippen molar-refractivity contribution in [2.24, 2.45) is 0 Å². The zero-order chi connectivity index (χ0) is 23.7. The van der Waals surface area contributed by atoms with Crippen LogP contribution in [-0.2, 0) is 16.7 Å². The highest BCUT2D eigenvalue weighted by Crippen LogP contribution is 2.41. The van der Waals surface area contributed by atoms with E-state index in [0.717, 1.165) is 15.2 Å². The number of rotatable bonds is 6. The van der Waals surface area contributed by atoms with Crippen LogP contribution in [0.25, 0.3) is 21.9 Å². The Morgan fingerprint density at radius 1 is 0.971 bits per heavy atom. The molecular formula is C28H26NO3S2+. The van der Waals surface area contributed by atoms with Gasteiger partial charge in [-0.15, -0.1) is 0 Å². The monoisotopic (exact) mass is 488 g/mol. The molecule has 34 heavy (non-hydrogen) atoms. The first kappa shape index (κ1) is 22.7. The molecule has 1 aliphatic carbocycles. The van der Waals surface area contributed by atoms with Gasteiger partial charge < -0.3 is 0 Å². The number of allylic oxidation sites excluding steroid dienone is 2. The van der Waals surface area contributed by atoms with Crippen molar-refractivity contribution in [2.45, 2.75) is 25.8 Å². The first-order valence-corrected chi connectivity index (χ1v) is 13.8. The average Bonchev–Trinajstić information content (AvgIpc) is 3.18. The molecule has 1 heterocycles. The first-order chi connectivity index (χ1) is 16.4. The van der Waals surface area contributed by atoms with E-state index in [1.165, 1.54) is 27.8 Å². The van der Waals surface area contributed by atoms with Crippen molar-refractivity contribution in [3.8, 4) is 0 Å². The molecule has 4 aromatic rings. The molecule has 0 radical (unpaired) electrons. The summed E-state index contributed by atoms with van der Waals surface area (Å²) in [5, 5.41) is 1.07. The van der Waals surface area contributed by atoms with Crippen LogP contribution in [0.2, 0.25) is 0 Å². The SMILES string of the molecule is CC1/C(=C/c2sc3ccccc3[n+]2CCCS(=O)(=O)O)C=C(c2ccccc2)c2ccccc21. The molecule has 4 nitrogen and oxygen atoms in total. The number of hydrogen-bond donors (Lipinski definition) is 1. The summed E-state index contributed by atoms with van der Waals surface area (Å²) >= 11 is 1.70. The summed E-state index contributed by atoms with van der Waals surface area (Å²) in [4.78, 5) is 0. The van der Waals surface area contributed by atoms with E-state index in [9.17, 15) is 13.0 Å². The lowest BCUT2D eigenvalue weighted by Crippen LogP contribution is -2.36. The van der Waals surface area contributed by atoms with Gasteiger partial charge in [0.1, 0.15) is 4.70 Å². The zero-order valence-electron chi connectivity index (χ0n) is 18.9. The van der Waals surface area contributed by atoms with Gasteiger partial charge in [-0.3, -0.25) is 4.55 Å². The third kappa shape index (κ3) is 4.62. The maximum absolute atomic E-state index is 11.3. The highest BCUT2D eigenvalue weighted by atomic mass is 32.2. The van der Waals surface area contributed by atoms with E-state index in [0.29, 0.717) is 13.0 Å². The predicted octanol–water partition coefficient (Wildman–Crippen LogP) is 6.10. The van der Waals surface area contributed by atoms with Crippen LogP contribution in [-0.4, -0.2) is 18.7 Å². The van der Waals surface area contributed by atoms with Crippen LogP contribution in [0.3, 0.4) is 0 Å². The molecular weight excluding hydrogens is 462 g/mol. The highest BCUT2D eigenvalue weighted by Gasteiger charge is 2.25. The van der Waals surface area contributed by atoms with E-state index in [1.54, 1.807) is 11.3 Å². The molecule has 0 spiro atoms. The Morgan fingerprint density at radius 2 is 1.68 bits per heavy atom. The molecule has 1 aromatic heterocycles. The van der Waals surface area contributed by atoms with Gasteiger partial charge in [-0.2, -0.15) is 13.0 Å². The van der Waals surface area contributed by atoms with Crippen LogP contribution in [0, 0.1) is 0 Å². The van der Waals surface area contributed by atoms with Crippen molar-refractivity contribution in [1.82, 2.24) is 0 Å². The van der Waals surface area contributed by atoms with Crippen molar-refractivity contribution < 1.29 is 17.5 Å². The summed E-state index contributed by atoms with van der Waals surface area (Å²) < 4.78 is 35.1. The van der Waals surface area contributed by atoms with E-state index in [-0.39, 0.29) is 11.7 Å². The molecule has 1 N–H and O–H groups in total. The standard InChI is InChI=1S/C28H25NO3S2/c1-20-22(18-25(21-10-3-2-4-11-21)24-13-6-5-12-23(20)24)19-28-29(16-9-17-34(30,31)32)26-14-7-8-15-27(26)33-28/h2-8,10-15,18-20H,9,16-17H2,1H3/p+1/b22-19+. The molecule has 172 valence electrons. The van der Waals surface area contributed by atoms with E-state index in [2.05, 4.69) is 84.3 Å². The number of aromatic nitrogens is 1. The Labute approximate surface area is 204 Å². The van der Waals surface area contributed by atoms with Crippen LogP contribution >= 0.6 is 11.3 Å². The van der Waals surface area contributed by atoms with Crippen LogP contribution in [0.5, 0.6) is 0 Å². The maximum Gasteiger partial charge on any atom is 0.265 e. The minimum absolute atomic E-state index is 0.222. The van der Waals surface area contributed by atoms with Crippen molar-refractivity contribution in [1.29, 1.82) is 0 Å². The number of para-hydroxylation sites is 1. The van der Waals surface area contributed by atoms with Gasteiger partial charge in [0.05, 0.1) is 5.75 Å². The topological polar surface area (TPSA) is 58.2 Å². The van der Waals surface area contributed by atoms with Gasteiger partial charge >= 0.3 is 0 Å². The van der Waals surface area contributed by atoms with Crippen molar-refractivity contribution >= 4 is 43.3 Å². The molecule has 0 bridgehead atoms. The minimum atomic E-state index is -3.99. The smallest absolute Gasteiger partial charge is 0.265 e. The largest absolute Gasteiger partial charge is 0.286 e. The number of aryl methyl sites for hydroxylation is 1. The fourth-order valence-corrected chi connectivity index (χ4v) is 6.27. The zero-order valence-corrected chi connectivity index (χ0v) is 20.5. The van der Waals surface area contributed by atoms with Crippen molar-refractivity contribution in [3.63, 3.8) is 0 Å². The van der Waals surface area contributed by atoms with Gasteiger partial charge in [0.2, 0.25) is 5.52 Å². The molecule has 0 amide bonds. The summed E-state index contributed by atoms with van der Waals surface area (Å²) in [5.41, 5.74) is 7.24. The summed E-state index contributed by atoms with van der Waals surface area (Å²) in [6, 6.07) is 27.2. The Morgan fingerprint density at radius 3 is 2.47 bits per heavy atom. The molecule has 1 aliphatic rings. The molecule has 6 heteroatoms. The maximum atomic E-state index is 11.3. The molecule has 0 aliphatic heterocycles. The Hall–Kier alpha value is -3.06. The van der Waals surface area contributed by atoms with E-state index >= 15 is 0 Å². The fraction of sp³-hybridized carbons (Fsp3) is 0.179. The summed E-state index contributed by atoms with van der Waals surface area (Å²) in [7, 11) is -3.99. The lowest BCUT2D eigenvalue weighted by molar-refractivity contribution is -0.668. The number of fused-ring (bicyclic) bond motifs is 2. The molecule has 1 unspecified atom stereocenters. The summed E-state index contributed by atoms with van der Waals surface area (Å²) in [6.45, 7) is 2.75. The molecule has 5 rings (SSSR count). The van der Waals surface area contributed by atoms with Gasteiger partial charge in [-0.1, -0.05) is 85.0 Å². The predicted molar refractivity (Wildman–Crippen MR) is 139 cm³/mol. The molecule has 0 saturated carbocycles. The number of thiazole rings is 1. The second-order valence-corrected chi connectivity index (χ2v) is 11.2. The minimum Gasteiger partial charge on any atom is -0.286 e. The summed E-state index contributed by atoms with van der Waals surface area (Å²) in [6.07, 6.45) is 4.88. The second-order valence-electron chi connectivity index (χ2n) is 8.58. The highest BCUT2D eigenvalue weighted by molar-refractivity contribution is 7.85. The van der Waals surface area contributed by atoms with Crippen LogP contribution in [0.15, 0.2) is 90.5 Å². The molecule has 1 atom stereocenters. The molecule has 0 saturated heterocycles. The van der Waals surface area contributed by atoms with Crippen LogP contribution < -0.4 is 4.57 Å². The Bertz CT molecular complexity index is 1520. The first-order valence-electron chi connectivity index (χ1n) is 11.4. The van der Waals surface area contributed by atoms with Gasteiger partial charge in [0.25, 0.3) is 15.1 Å². The lowest BCUT2D eigenvalue weighted by atomic mass is 9.78. The number of hydrogen-bond acceptors (Lipinski definition) is 3. The van der Waals surface area contributed by atoms with Crippen LogP contribution in [0.4, 0.5) is 0 Å². The number of nitrogens with zero attached hydrogens (tertiary/aromatic N) is 1. The van der Waals surface area contributed by atoms with Crippen molar-refractivity contribution in [3.05, 3.63) is 112 Å². The van der Waals surface area contributed by atoms with Crippen molar-refractivity contribution in [2.75, 3.05) is 5.75 Å². The lowest BCUT2D eigenvalue weighted by Gasteiger charge is -2.25. The molecule has 0 fully saturated rings. The molecule has 3 aromatic carbocycles. The van der Waals surface area contributed by atoms with Gasteiger partial charge in [0, 0.05) is 24.5 Å². The quantitative estimate of drug-likeness (QED) is 0.264. The normalized spacial score (nSPS) is 17.1. The van der Waals surface area contributed by atoms with E-state index < -0.39 is 10.1 Å². The van der Waals surface area contributed by atoms with Gasteiger partial charge in [0.15, 0.2) is 6.54 Å². The number of benzene rings is 3. The van der Waals surface area contributed by atoms with Gasteiger partial charge in [-0.05, 0) is 40.0 Å². The fourth-order valence-electron chi connectivity index (χ4n) is 4.63. The van der Waals surface area contributed by atoms with Gasteiger partial charge in [-0.25, -0.2) is 0 Å². The Balaban J connectivity index is 1.63. The third-order valence-corrected chi connectivity index (χ3v) is 8.24. The van der Waals surface area contributed by atoms with E-state index in [1.807, 2.05) is 18.2 Å². The van der Waals surface area contributed by atoms with E-state index in [4.69, 9.17) is 0 Å².